The van der Waals surface area contributed by atoms with Gasteiger partial charge in [-0.05, 0) is 36.6 Å². The number of amides is 1. The van der Waals surface area contributed by atoms with Gasteiger partial charge < -0.3 is 10.6 Å². The molecule has 110 valence electrons. The van der Waals surface area contributed by atoms with Crippen LogP contribution in [0, 0.1) is 0 Å². The van der Waals surface area contributed by atoms with Crippen molar-refractivity contribution in [3.8, 4) is 0 Å². The number of hydrogen-bond acceptors (Lipinski definition) is 3. The molecule has 1 fully saturated rings. The van der Waals surface area contributed by atoms with E-state index in [9.17, 15) is 9.59 Å². The molecule has 20 heavy (non-hydrogen) atoms. The Morgan fingerprint density at radius 1 is 1.30 bits per heavy atom. The van der Waals surface area contributed by atoms with E-state index >= 15 is 0 Å². The molecule has 0 bridgehead atoms. The van der Waals surface area contributed by atoms with Crippen molar-refractivity contribution >= 4 is 22.8 Å². The minimum absolute atomic E-state index is 0.299. The van der Waals surface area contributed by atoms with Crippen LogP contribution in [0.2, 0.25) is 0 Å². The SMILES string of the molecule is NCCCN1CCCC1=O.O=C(Cl)Cc1ccccc1. The first-order valence-corrected chi connectivity index (χ1v) is 7.21. The fourth-order valence-corrected chi connectivity index (χ4v) is 2.13. The van der Waals surface area contributed by atoms with Gasteiger partial charge in [-0.25, -0.2) is 0 Å². The predicted molar refractivity (Wildman–Crippen MR) is 80.5 cm³/mol. The molecule has 1 aromatic carbocycles. The maximum absolute atomic E-state index is 11.0. The van der Waals surface area contributed by atoms with Gasteiger partial charge >= 0.3 is 0 Å². The Kier molecular flexibility index (Phi) is 7.92. The number of nitrogens with zero attached hydrogens (tertiary/aromatic N) is 1. The molecule has 4 nitrogen and oxygen atoms in total. The molecule has 2 rings (SSSR count). The Bertz CT molecular complexity index is 423. The highest BCUT2D eigenvalue weighted by Crippen LogP contribution is 2.08. The van der Waals surface area contributed by atoms with Crippen molar-refractivity contribution < 1.29 is 9.59 Å². The average Bonchev–Trinajstić information content (AvgIpc) is 2.83. The highest BCUT2D eigenvalue weighted by molar-refractivity contribution is 6.63. The molecular formula is C15H21ClN2O2. The minimum Gasteiger partial charge on any atom is -0.343 e. The molecule has 0 spiro atoms. The summed E-state index contributed by atoms with van der Waals surface area (Å²) < 4.78 is 0. The molecule has 0 aliphatic carbocycles. The van der Waals surface area contributed by atoms with E-state index < -0.39 is 0 Å². The topological polar surface area (TPSA) is 63.4 Å². The highest BCUT2D eigenvalue weighted by Gasteiger charge is 2.18. The van der Waals surface area contributed by atoms with Crippen molar-refractivity contribution in [1.29, 1.82) is 0 Å². The Morgan fingerprint density at radius 3 is 2.50 bits per heavy atom. The quantitative estimate of drug-likeness (QED) is 0.845. The lowest BCUT2D eigenvalue weighted by atomic mass is 10.2. The highest BCUT2D eigenvalue weighted by atomic mass is 35.5. The zero-order valence-electron chi connectivity index (χ0n) is 11.6. The summed E-state index contributed by atoms with van der Waals surface area (Å²) in [5.74, 6) is 0.299. The van der Waals surface area contributed by atoms with Crippen molar-refractivity contribution in [1.82, 2.24) is 4.90 Å². The van der Waals surface area contributed by atoms with Crippen LogP contribution in [0.15, 0.2) is 30.3 Å². The number of hydrogen-bond donors (Lipinski definition) is 1. The van der Waals surface area contributed by atoms with Crippen molar-refractivity contribution in [2.45, 2.75) is 25.7 Å². The van der Waals surface area contributed by atoms with E-state index in [0.717, 1.165) is 37.9 Å². The monoisotopic (exact) mass is 296 g/mol. The molecule has 1 amide bonds. The van der Waals surface area contributed by atoms with Gasteiger partial charge in [0.1, 0.15) is 0 Å². The fraction of sp³-hybridized carbons (Fsp3) is 0.467. The van der Waals surface area contributed by atoms with Crippen LogP contribution in [0.5, 0.6) is 0 Å². The van der Waals surface area contributed by atoms with E-state index in [1.807, 2.05) is 35.2 Å². The van der Waals surface area contributed by atoms with E-state index in [-0.39, 0.29) is 5.24 Å². The second kappa shape index (κ2) is 9.50. The van der Waals surface area contributed by atoms with Crippen molar-refractivity contribution in [3.63, 3.8) is 0 Å². The number of halogens is 1. The number of likely N-dealkylation sites (tertiary alicyclic amines) is 1. The van der Waals surface area contributed by atoms with Crippen LogP contribution in [-0.4, -0.2) is 35.7 Å². The van der Waals surface area contributed by atoms with Crippen molar-refractivity contribution in [2.24, 2.45) is 5.73 Å². The smallest absolute Gasteiger partial charge is 0.226 e. The lowest BCUT2D eigenvalue weighted by Crippen LogP contribution is -2.27. The number of rotatable bonds is 5. The van der Waals surface area contributed by atoms with Gasteiger partial charge in [-0.2, -0.15) is 0 Å². The van der Waals surface area contributed by atoms with Gasteiger partial charge in [0, 0.05) is 25.9 Å². The summed E-state index contributed by atoms with van der Waals surface area (Å²) in [6, 6.07) is 9.42. The second-order valence-electron chi connectivity index (χ2n) is 4.64. The van der Waals surface area contributed by atoms with Gasteiger partial charge in [0.25, 0.3) is 0 Å². The van der Waals surface area contributed by atoms with Gasteiger partial charge in [-0.15, -0.1) is 0 Å². The van der Waals surface area contributed by atoms with Crippen LogP contribution in [0.3, 0.4) is 0 Å². The normalized spacial score (nSPS) is 13.9. The molecule has 1 aliphatic heterocycles. The van der Waals surface area contributed by atoms with Crippen LogP contribution in [0.1, 0.15) is 24.8 Å². The third-order valence-electron chi connectivity index (χ3n) is 2.99. The molecule has 0 radical (unpaired) electrons. The largest absolute Gasteiger partial charge is 0.343 e. The Balaban J connectivity index is 0.000000200. The molecule has 1 aromatic rings. The summed E-state index contributed by atoms with van der Waals surface area (Å²) in [6.07, 6.45) is 3.03. The lowest BCUT2D eigenvalue weighted by Gasteiger charge is -2.13. The lowest BCUT2D eigenvalue weighted by molar-refractivity contribution is -0.127. The van der Waals surface area contributed by atoms with Crippen LogP contribution in [-0.2, 0) is 16.0 Å². The van der Waals surface area contributed by atoms with Crippen LogP contribution in [0.25, 0.3) is 0 Å². The summed E-state index contributed by atoms with van der Waals surface area (Å²) in [7, 11) is 0. The molecule has 1 saturated heterocycles. The Morgan fingerprint density at radius 2 is 2.00 bits per heavy atom. The maximum atomic E-state index is 11.0. The van der Waals surface area contributed by atoms with E-state index in [1.165, 1.54) is 0 Å². The standard InChI is InChI=1S/C8H7ClO.C7H14N2O/c9-8(10)6-7-4-2-1-3-5-7;8-4-2-6-9-5-1-3-7(9)10/h1-5H,6H2;1-6,8H2. The zero-order chi connectivity index (χ0) is 14.8. The van der Waals surface area contributed by atoms with Gasteiger partial charge in [-0.1, -0.05) is 30.3 Å². The average molecular weight is 297 g/mol. The van der Waals surface area contributed by atoms with Crippen molar-refractivity contribution in [3.05, 3.63) is 35.9 Å². The molecule has 1 aliphatic rings. The molecule has 0 atom stereocenters. The van der Waals surface area contributed by atoms with E-state index in [0.29, 0.717) is 18.9 Å². The summed E-state index contributed by atoms with van der Waals surface area (Å²) in [4.78, 5) is 23.2. The summed E-state index contributed by atoms with van der Waals surface area (Å²) >= 11 is 5.17. The van der Waals surface area contributed by atoms with Crippen LogP contribution < -0.4 is 5.73 Å². The van der Waals surface area contributed by atoms with Gasteiger partial charge in [0.05, 0.1) is 0 Å². The first-order chi connectivity index (χ1) is 9.63. The first-order valence-electron chi connectivity index (χ1n) is 6.83. The second-order valence-corrected chi connectivity index (χ2v) is 5.07. The Labute approximate surface area is 124 Å². The van der Waals surface area contributed by atoms with Crippen molar-refractivity contribution in [2.75, 3.05) is 19.6 Å². The fourth-order valence-electron chi connectivity index (χ4n) is 1.98. The summed E-state index contributed by atoms with van der Waals surface area (Å²) in [5, 5.41) is -0.314. The van der Waals surface area contributed by atoms with Crippen LogP contribution >= 0.6 is 11.6 Å². The molecule has 1 heterocycles. The third kappa shape index (κ3) is 6.68. The van der Waals surface area contributed by atoms with E-state index in [2.05, 4.69) is 0 Å². The van der Waals surface area contributed by atoms with E-state index in [4.69, 9.17) is 17.3 Å². The molecule has 0 unspecified atom stereocenters. The number of nitrogens with two attached hydrogens (primary N) is 1. The number of carbonyl (C=O) groups is 2. The maximum Gasteiger partial charge on any atom is 0.226 e. The Hall–Kier alpha value is -1.39. The van der Waals surface area contributed by atoms with Crippen LogP contribution in [0.4, 0.5) is 0 Å². The molecule has 0 aromatic heterocycles. The van der Waals surface area contributed by atoms with Gasteiger partial charge in [0.2, 0.25) is 11.1 Å². The first kappa shape index (κ1) is 16.7. The summed E-state index contributed by atoms with van der Waals surface area (Å²) in [6.45, 7) is 2.48. The van der Waals surface area contributed by atoms with E-state index in [1.54, 1.807) is 0 Å². The zero-order valence-corrected chi connectivity index (χ0v) is 12.3. The van der Waals surface area contributed by atoms with Gasteiger partial charge in [-0.3, -0.25) is 9.59 Å². The molecule has 5 heteroatoms. The molecule has 0 saturated carbocycles. The predicted octanol–water partition coefficient (Wildman–Crippen LogP) is 1.95. The minimum atomic E-state index is -0.314. The molecular weight excluding hydrogens is 276 g/mol. The number of benzene rings is 1. The third-order valence-corrected chi connectivity index (χ3v) is 3.12. The molecule has 2 N–H and O–H groups in total. The van der Waals surface area contributed by atoms with Gasteiger partial charge in [0.15, 0.2) is 0 Å². The number of carbonyl (C=O) groups excluding carboxylic acids is 2. The summed E-state index contributed by atoms with van der Waals surface area (Å²) in [5.41, 5.74) is 6.27.